The monoisotopic (exact) mass is 364 g/mol. The van der Waals surface area contributed by atoms with E-state index in [0.717, 1.165) is 30.3 Å². The maximum Gasteiger partial charge on any atom is 0.251 e. The first-order valence-electron chi connectivity index (χ1n) is 10.0. The lowest BCUT2D eigenvalue weighted by Crippen LogP contribution is -2.34. The van der Waals surface area contributed by atoms with Gasteiger partial charge in [-0.3, -0.25) is 9.78 Å². The SMILES string of the molecule is Nc1ccncc1-c1cccc(C(=O)NC[C@H]2CCN(C3CCCC3)C2)c1. The van der Waals surface area contributed by atoms with E-state index in [1.54, 1.807) is 18.5 Å². The van der Waals surface area contributed by atoms with E-state index in [9.17, 15) is 4.79 Å². The second-order valence-corrected chi connectivity index (χ2v) is 7.84. The summed E-state index contributed by atoms with van der Waals surface area (Å²) in [6.45, 7) is 3.06. The summed E-state index contributed by atoms with van der Waals surface area (Å²) < 4.78 is 0. The number of carbonyl (C=O) groups is 1. The molecule has 1 aromatic carbocycles. The standard InChI is InChI=1S/C22H28N4O/c23-21-8-10-24-14-20(21)17-4-3-5-18(12-17)22(27)25-13-16-9-11-26(15-16)19-6-1-2-7-19/h3-5,8,10,12,14,16,19H,1-2,6-7,9,11,13,15H2,(H2,23,24)(H,25,27)/t16-/m1/s1. The molecule has 2 fully saturated rings. The number of hydrogen-bond donors (Lipinski definition) is 2. The second kappa shape index (κ2) is 8.09. The van der Waals surface area contributed by atoms with Crippen LogP contribution < -0.4 is 11.1 Å². The molecule has 1 aliphatic heterocycles. The zero-order valence-electron chi connectivity index (χ0n) is 15.7. The quantitative estimate of drug-likeness (QED) is 0.854. The largest absolute Gasteiger partial charge is 0.398 e. The third kappa shape index (κ3) is 4.14. The number of hydrogen-bond acceptors (Lipinski definition) is 4. The number of benzene rings is 1. The van der Waals surface area contributed by atoms with Gasteiger partial charge in [-0.1, -0.05) is 25.0 Å². The van der Waals surface area contributed by atoms with E-state index < -0.39 is 0 Å². The molecule has 0 radical (unpaired) electrons. The molecule has 2 aromatic rings. The summed E-state index contributed by atoms with van der Waals surface area (Å²) in [5.41, 5.74) is 9.15. The van der Waals surface area contributed by atoms with E-state index in [2.05, 4.69) is 15.2 Å². The molecule has 1 aliphatic carbocycles. The second-order valence-electron chi connectivity index (χ2n) is 7.84. The first-order valence-corrected chi connectivity index (χ1v) is 10.0. The lowest BCUT2D eigenvalue weighted by Gasteiger charge is -2.23. The Kier molecular flexibility index (Phi) is 5.39. The number of nitrogens with zero attached hydrogens (tertiary/aromatic N) is 2. The molecule has 1 saturated carbocycles. The molecule has 0 bridgehead atoms. The maximum atomic E-state index is 12.6. The molecule has 1 saturated heterocycles. The maximum absolute atomic E-state index is 12.6. The van der Waals surface area contributed by atoms with Crippen LogP contribution in [0, 0.1) is 5.92 Å². The summed E-state index contributed by atoms with van der Waals surface area (Å²) >= 11 is 0. The average molecular weight is 364 g/mol. The van der Waals surface area contributed by atoms with Gasteiger partial charge in [0.1, 0.15) is 0 Å². The van der Waals surface area contributed by atoms with E-state index in [1.807, 2.05) is 24.3 Å². The van der Waals surface area contributed by atoms with Gasteiger partial charge in [0.25, 0.3) is 5.91 Å². The van der Waals surface area contributed by atoms with Crippen LogP contribution in [0.15, 0.2) is 42.7 Å². The summed E-state index contributed by atoms with van der Waals surface area (Å²) in [6, 6.07) is 10.2. The number of nitrogens with one attached hydrogen (secondary N) is 1. The molecule has 5 nitrogen and oxygen atoms in total. The highest BCUT2D eigenvalue weighted by molar-refractivity contribution is 5.95. The molecular weight excluding hydrogens is 336 g/mol. The van der Waals surface area contributed by atoms with Gasteiger partial charge in [0.2, 0.25) is 0 Å². The van der Waals surface area contributed by atoms with E-state index in [-0.39, 0.29) is 5.91 Å². The van der Waals surface area contributed by atoms with Gasteiger partial charge < -0.3 is 16.0 Å². The highest BCUT2D eigenvalue weighted by Crippen LogP contribution is 2.28. The topological polar surface area (TPSA) is 71.2 Å². The number of pyridine rings is 1. The van der Waals surface area contributed by atoms with Crippen molar-refractivity contribution in [2.75, 3.05) is 25.4 Å². The van der Waals surface area contributed by atoms with Crippen molar-refractivity contribution in [2.24, 2.45) is 5.92 Å². The summed E-state index contributed by atoms with van der Waals surface area (Å²) in [6.07, 6.45) is 10.0. The molecule has 2 heterocycles. The van der Waals surface area contributed by atoms with E-state index in [1.165, 1.54) is 38.6 Å². The third-order valence-electron chi connectivity index (χ3n) is 6.00. The number of aromatic nitrogens is 1. The van der Waals surface area contributed by atoms with E-state index in [4.69, 9.17) is 5.73 Å². The molecule has 2 aliphatic rings. The van der Waals surface area contributed by atoms with Gasteiger partial charge in [-0.05, 0) is 55.5 Å². The zero-order valence-corrected chi connectivity index (χ0v) is 15.7. The van der Waals surface area contributed by atoms with Crippen LogP contribution in [0.25, 0.3) is 11.1 Å². The van der Waals surface area contributed by atoms with Crippen molar-refractivity contribution in [1.29, 1.82) is 0 Å². The summed E-state index contributed by atoms with van der Waals surface area (Å²) in [4.78, 5) is 19.4. The molecule has 3 N–H and O–H groups in total. The first kappa shape index (κ1) is 18.0. The van der Waals surface area contributed by atoms with Gasteiger partial charge in [0.15, 0.2) is 0 Å². The van der Waals surface area contributed by atoms with Crippen LogP contribution in [0.2, 0.25) is 0 Å². The number of nitrogen functional groups attached to an aromatic ring is 1. The number of nitrogens with two attached hydrogens (primary N) is 1. The number of likely N-dealkylation sites (tertiary alicyclic amines) is 1. The number of rotatable bonds is 5. The molecule has 1 amide bonds. The Labute approximate surface area is 161 Å². The van der Waals surface area contributed by atoms with Crippen molar-refractivity contribution in [1.82, 2.24) is 15.2 Å². The smallest absolute Gasteiger partial charge is 0.251 e. The van der Waals surface area contributed by atoms with Gasteiger partial charge in [-0.2, -0.15) is 0 Å². The fourth-order valence-electron chi connectivity index (χ4n) is 4.44. The van der Waals surface area contributed by atoms with Gasteiger partial charge in [-0.15, -0.1) is 0 Å². The van der Waals surface area contributed by atoms with Crippen LogP contribution in [0.1, 0.15) is 42.5 Å². The van der Waals surface area contributed by atoms with Gasteiger partial charge in [-0.25, -0.2) is 0 Å². The van der Waals surface area contributed by atoms with Crippen molar-refractivity contribution >= 4 is 11.6 Å². The Hall–Kier alpha value is -2.40. The Morgan fingerprint density at radius 2 is 2.07 bits per heavy atom. The van der Waals surface area contributed by atoms with Crippen molar-refractivity contribution < 1.29 is 4.79 Å². The average Bonchev–Trinajstić information content (AvgIpc) is 3.38. The minimum Gasteiger partial charge on any atom is -0.398 e. The van der Waals surface area contributed by atoms with E-state index >= 15 is 0 Å². The molecule has 1 aromatic heterocycles. The molecular formula is C22H28N4O. The molecule has 142 valence electrons. The van der Waals surface area contributed by atoms with Crippen LogP contribution in [0.3, 0.4) is 0 Å². The lowest BCUT2D eigenvalue weighted by molar-refractivity contribution is 0.0947. The van der Waals surface area contributed by atoms with Crippen molar-refractivity contribution in [3.8, 4) is 11.1 Å². The van der Waals surface area contributed by atoms with Gasteiger partial charge >= 0.3 is 0 Å². The Balaban J connectivity index is 1.35. The molecule has 27 heavy (non-hydrogen) atoms. The third-order valence-corrected chi connectivity index (χ3v) is 6.00. The van der Waals surface area contributed by atoms with Crippen LogP contribution >= 0.6 is 0 Å². The molecule has 1 atom stereocenters. The molecule has 0 spiro atoms. The predicted octanol–water partition coefficient (Wildman–Crippen LogP) is 3.33. The highest BCUT2D eigenvalue weighted by atomic mass is 16.1. The van der Waals surface area contributed by atoms with Gasteiger partial charge in [0.05, 0.1) is 0 Å². The number of amides is 1. The van der Waals surface area contributed by atoms with Crippen LogP contribution in [-0.4, -0.2) is 41.5 Å². The fraction of sp³-hybridized carbons (Fsp3) is 0.455. The lowest BCUT2D eigenvalue weighted by atomic mass is 10.0. The van der Waals surface area contributed by atoms with Crippen LogP contribution in [-0.2, 0) is 0 Å². The summed E-state index contributed by atoms with van der Waals surface area (Å²) in [7, 11) is 0. The fourth-order valence-corrected chi connectivity index (χ4v) is 4.44. The van der Waals surface area contributed by atoms with Crippen molar-refractivity contribution in [3.05, 3.63) is 48.3 Å². The van der Waals surface area contributed by atoms with Gasteiger partial charge in [0, 0.05) is 48.3 Å². The van der Waals surface area contributed by atoms with Crippen LogP contribution in [0.5, 0.6) is 0 Å². The Morgan fingerprint density at radius 1 is 1.22 bits per heavy atom. The summed E-state index contributed by atoms with van der Waals surface area (Å²) in [5.74, 6) is 0.547. The first-order chi connectivity index (χ1) is 13.2. The normalized spacial score (nSPS) is 20.8. The van der Waals surface area contributed by atoms with E-state index in [0.29, 0.717) is 17.2 Å². The number of carbonyl (C=O) groups excluding carboxylic acids is 1. The Bertz CT molecular complexity index is 800. The highest BCUT2D eigenvalue weighted by Gasteiger charge is 2.29. The molecule has 0 unspecified atom stereocenters. The van der Waals surface area contributed by atoms with Crippen LogP contribution in [0.4, 0.5) is 5.69 Å². The van der Waals surface area contributed by atoms with Crippen molar-refractivity contribution in [3.63, 3.8) is 0 Å². The minimum absolute atomic E-state index is 0.0152. The zero-order chi connectivity index (χ0) is 18.6. The molecule has 4 rings (SSSR count). The minimum atomic E-state index is -0.0152. The summed E-state index contributed by atoms with van der Waals surface area (Å²) in [5, 5.41) is 3.13. The number of anilines is 1. The Morgan fingerprint density at radius 3 is 2.89 bits per heavy atom. The van der Waals surface area contributed by atoms with Crippen molar-refractivity contribution in [2.45, 2.75) is 38.1 Å². The molecule has 5 heteroatoms. The predicted molar refractivity (Wildman–Crippen MR) is 108 cm³/mol.